The number of rotatable bonds is 16. The van der Waals surface area contributed by atoms with E-state index < -0.39 is 92.6 Å². The van der Waals surface area contributed by atoms with Crippen LogP contribution in [-0.2, 0) is 43.3 Å². The standard InChI is InChI=1S/C48H73F7O11S2/c1-28-2-16-38(17-3-28)64-41-25-9-32(27-43(41)68(59,60)61)45(57)31-8-24-40(42(26-31)67-66-65-58)63-39-22-12-34(13-23-39)46(47(50,51)52,48(53,54)55)33-10-20-37(21-11-33)62-36-18-6-30(7-19-36)44(56)29-4-14-35(49)15-5-29/h28-43,58H,2-27H2,1H3,(H,59,60,61). The Hall–Kier alpha value is -1.13. The summed E-state index contributed by atoms with van der Waals surface area (Å²) in [7, 11) is -4.54. The van der Waals surface area contributed by atoms with E-state index in [0.29, 0.717) is 82.2 Å². The fourth-order valence-corrected chi connectivity index (χ4v) is 15.7. The van der Waals surface area contributed by atoms with Crippen molar-refractivity contribution in [1.82, 2.24) is 0 Å². The van der Waals surface area contributed by atoms with Gasteiger partial charge in [0.05, 0.1) is 41.9 Å². The third-order valence-corrected chi connectivity index (χ3v) is 19.8. The molecular formula is C48H73F7O11S2. The van der Waals surface area contributed by atoms with Crippen molar-refractivity contribution in [3.05, 3.63) is 0 Å². The minimum atomic E-state index is -5.56. The summed E-state index contributed by atoms with van der Waals surface area (Å²) in [4.78, 5) is 27.1. The van der Waals surface area contributed by atoms with Crippen LogP contribution in [0, 0.1) is 46.8 Å². The van der Waals surface area contributed by atoms with Crippen LogP contribution in [0.5, 0.6) is 0 Å². The van der Waals surface area contributed by atoms with Crippen molar-refractivity contribution >= 4 is 33.7 Å². The molecule has 7 aliphatic rings. The topological polar surface area (TPSA) is 155 Å². The molecule has 0 spiro atoms. The lowest BCUT2D eigenvalue weighted by molar-refractivity contribution is -0.432. The van der Waals surface area contributed by atoms with E-state index in [4.69, 9.17) is 23.8 Å². The van der Waals surface area contributed by atoms with Gasteiger partial charge in [0.2, 0.25) is 0 Å². The molecule has 0 radical (unpaired) electrons. The normalized spacial score (nSPS) is 39.6. The molecule has 2 N–H and O–H groups in total. The van der Waals surface area contributed by atoms with Gasteiger partial charge >= 0.3 is 12.4 Å². The van der Waals surface area contributed by atoms with Crippen molar-refractivity contribution in [2.24, 2.45) is 46.8 Å². The van der Waals surface area contributed by atoms with Crippen LogP contribution in [0.3, 0.4) is 0 Å². The first-order valence-electron chi connectivity index (χ1n) is 25.6. The Kier molecular flexibility index (Phi) is 18.8. The van der Waals surface area contributed by atoms with E-state index in [9.17, 15) is 27.0 Å². The van der Waals surface area contributed by atoms with Gasteiger partial charge in [0, 0.05) is 35.7 Å². The minimum Gasteiger partial charge on any atom is -0.375 e. The summed E-state index contributed by atoms with van der Waals surface area (Å²) in [5, 5.41) is 11.0. The highest BCUT2D eigenvalue weighted by molar-refractivity contribution is 7.95. The summed E-state index contributed by atoms with van der Waals surface area (Å²) in [6.45, 7) is 2.16. The largest absolute Gasteiger partial charge is 0.403 e. The highest BCUT2D eigenvalue weighted by atomic mass is 32.2. The average Bonchev–Trinajstić information content (AvgIpc) is 3.29. The second-order valence-electron chi connectivity index (χ2n) is 21.8. The molecule has 68 heavy (non-hydrogen) atoms. The summed E-state index contributed by atoms with van der Waals surface area (Å²) < 4.78 is 164. The Morgan fingerprint density at radius 2 is 0.926 bits per heavy atom. The van der Waals surface area contributed by atoms with Gasteiger partial charge in [-0.3, -0.25) is 14.1 Å². The number of Topliss-reactive ketones (excluding diaryl/α,β-unsaturated/α-hetero) is 2. The third kappa shape index (κ3) is 13.0. The van der Waals surface area contributed by atoms with Gasteiger partial charge < -0.3 is 14.2 Å². The summed E-state index contributed by atoms with van der Waals surface area (Å²) in [6.07, 6.45) is -6.91. The molecule has 0 aromatic carbocycles. The summed E-state index contributed by atoms with van der Waals surface area (Å²) in [5.41, 5.74) is -3.91. The van der Waals surface area contributed by atoms with Crippen molar-refractivity contribution in [1.29, 1.82) is 0 Å². The zero-order valence-corrected chi connectivity index (χ0v) is 40.8. The first-order valence-corrected chi connectivity index (χ1v) is 27.9. The Bertz CT molecular complexity index is 1720. The number of hydrogen-bond acceptors (Lipinski definition) is 11. The maximum absolute atomic E-state index is 15.3. The predicted octanol–water partition coefficient (Wildman–Crippen LogP) is 12.1. The van der Waals surface area contributed by atoms with Gasteiger partial charge in [-0.15, -0.1) is 4.33 Å². The average molecular weight is 1020 g/mol. The number of halogens is 7. The Morgan fingerprint density at radius 1 is 0.529 bits per heavy atom. The van der Waals surface area contributed by atoms with Crippen LogP contribution in [0.25, 0.3) is 0 Å². The molecular weight excluding hydrogens is 950 g/mol. The molecule has 6 unspecified atom stereocenters. The molecule has 0 aromatic rings. The Labute approximate surface area is 401 Å². The van der Waals surface area contributed by atoms with Crippen molar-refractivity contribution in [3.63, 3.8) is 0 Å². The third-order valence-electron chi connectivity index (χ3n) is 17.6. The zero-order chi connectivity index (χ0) is 49.0. The molecule has 7 rings (SSSR count). The van der Waals surface area contributed by atoms with Gasteiger partial charge in [0.1, 0.15) is 23.0 Å². The Balaban J connectivity index is 0.913. The van der Waals surface area contributed by atoms with E-state index in [1.807, 2.05) is 0 Å². The van der Waals surface area contributed by atoms with E-state index in [0.717, 1.165) is 25.7 Å². The fraction of sp³-hybridized carbons (Fsp3) is 0.958. The van der Waals surface area contributed by atoms with Gasteiger partial charge in [-0.25, -0.2) is 9.65 Å². The lowest BCUT2D eigenvalue weighted by Gasteiger charge is -2.51. The lowest BCUT2D eigenvalue weighted by atomic mass is 9.57. The number of alkyl halides is 7. The molecule has 0 heterocycles. The second kappa shape index (κ2) is 23.4. The SMILES string of the molecule is CC1CCC(OC2CCC(C(=O)C3CCC(OC4CCC(C(C5CCC(OC6CCC(C(=O)C7CCC(F)CC7)CC6)CC5)(C(F)(F)F)C(F)(F)F)CC4)C(SOOO)C3)CC2S(=O)(=O)O)CC1. The number of hydrogen-bond donors (Lipinski definition) is 2. The smallest absolute Gasteiger partial charge is 0.375 e. The summed E-state index contributed by atoms with van der Waals surface area (Å²) in [6, 6.07) is 0. The predicted molar refractivity (Wildman–Crippen MR) is 237 cm³/mol. The maximum Gasteiger partial charge on any atom is 0.403 e. The van der Waals surface area contributed by atoms with E-state index in [1.165, 1.54) is 0 Å². The van der Waals surface area contributed by atoms with Crippen LogP contribution in [0.1, 0.15) is 174 Å². The quantitative estimate of drug-likeness (QED) is 0.0497. The zero-order valence-electron chi connectivity index (χ0n) is 39.2. The van der Waals surface area contributed by atoms with E-state index in [2.05, 4.69) is 12.0 Å². The molecule has 11 nitrogen and oxygen atoms in total. The minimum absolute atomic E-state index is 0.0465. The van der Waals surface area contributed by atoms with Crippen molar-refractivity contribution in [3.8, 4) is 0 Å². The molecule has 0 aromatic heterocycles. The van der Waals surface area contributed by atoms with Crippen LogP contribution in [0.15, 0.2) is 0 Å². The number of carbonyl (C=O) groups is 2. The molecule has 0 bridgehead atoms. The molecule has 0 saturated heterocycles. The molecule has 20 heteroatoms. The van der Waals surface area contributed by atoms with Crippen molar-refractivity contribution < 1.29 is 82.1 Å². The van der Waals surface area contributed by atoms with Gasteiger partial charge in [-0.2, -0.15) is 34.8 Å². The van der Waals surface area contributed by atoms with Gasteiger partial charge in [-0.1, -0.05) is 12.0 Å². The monoisotopic (exact) mass is 1020 g/mol. The van der Waals surface area contributed by atoms with Gasteiger partial charge in [-0.05, 0) is 185 Å². The van der Waals surface area contributed by atoms with Crippen LogP contribution in [0.2, 0.25) is 0 Å². The van der Waals surface area contributed by atoms with E-state index in [1.54, 1.807) is 0 Å². The number of carbonyl (C=O) groups excluding carboxylic acids is 2. The van der Waals surface area contributed by atoms with Gasteiger partial charge in [0.15, 0.2) is 5.41 Å². The van der Waals surface area contributed by atoms with Gasteiger partial charge in [0.25, 0.3) is 10.1 Å². The molecule has 0 aliphatic heterocycles. The maximum atomic E-state index is 15.3. The Morgan fingerprint density at radius 3 is 1.41 bits per heavy atom. The van der Waals surface area contributed by atoms with Crippen molar-refractivity contribution in [2.45, 2.75) is 240 Å². The lowest BCUT2D eigenvalue weighted by Crippen LogP contribution is -2.61. The van der Waals surface area contributed by atoms with Crippen molar-refractivity contribution in [2.75, 3.05) is 0 Å². The van der Waals surface area contributed by atoms with E-state index >= 15 is 26.3 Å². The fourth-order valence-electron chi connectivity index (χ4n) is 13.9. The van der Waals surface area contributed by atoms with Crippen LogP contribution in [-0.4, -0.2) is 95.4 Å². The highest BCUT2D eigenvalue weighted by Gasteiger charge is 2.76. The second-order valence-corrected chi connectivity index (χ2v) is 24.3. The molecule has 7 saturated carbocycles. The number of ether oxygens (including phenoxy) is 3. The molecule has 0 amide bonds. The van der Waals surface area contributed by atoms with E-state index in [-0.39, 0.29) is 113 Å². The number of ketones is 2. The first-order chi connectivity index (χ1) is 32.2. The van der Waals surface area contributed by atoms with Crippen LogP contribution >= 0.6 is 12.0 Å². The molecule has 7 aliphatic carbocycles. The molecule has 392 valence electrons. The van der Waals surface area contributed by atoms with Crippen LogP contribution in [0.4, 0.5) is 30.7 Å². The van der Waals surface area contributed by atoms with Crippen LogP contribution < -0.4 is 0 Å². The summed E-state index contributed by atoms with van der Waals surface area (Å²) >= 11 is 0.697. The molecule has 7 fully saturated rings. The first kappa shape index (κ1) is 54.6. The summed E-state index contributed by atoms with van der Waals surface area (Å²) in [5.74, 6) is -4.34. The highest BCUT2D eigenvalue weighted by Crippen LogP contribution is 2.65. The molecule has 6 atom stereocenters.